The molecule has 0 saturated heterocycles. The molecule has 0 aliphatic rings. The van der Waals surface area contributed by atoms with E-state index in [0.29, 0.717) is 5.69 Å². The van der Waals surface area contributed by atoms with E-state index >= 15 is 0 Å². The Hall–Kier alpha value is -2.24. The first kappa shape index (κ1) is 13.8. The molecule has 1 aromatic carbocycles. The highest BCUT2D eigenvalue weighted by Crippen LogP contribution is 2.22. The lowest BCUT2D eigenvalue weighted by atomic mass is 10.2. The standard InChI is InChI=1S/C12H18N4O2/c1-8(11(17)15-12(18)14-2)16(3)10-7-5-4-6-9(10)13/h4-8H,13H2,1-3H3,(H2,14,15,17,18). The smallest absolute Gasteiger partial charge is 0.321 e. The second-order valence-electron chi connectivity index (χ2n) is 3.91. The molecule has 3 amide bonds. The third kappa shape index (κ3) is 3.13. The number of nitrogens with two attached hydrogens (primary N) is 1. The molecular formula is C12H18N4O2. The molecule has 0 aliphatic heterocycles. The maximum atomic E-state index is 11.8. The summed E-state index contributed by atoms with van der Waals surface area (Å²) in [4.78, 5) is 24.6. The summed E-state index contributed by atoms with van der Waals surface area (Å²) in [5.74, 6) is -0.389. The zero-order valence-corrected chi connectivity index (χ0v) is 10.7. The lowest BCUT2D eigenvalue weighted by molar-refractivity contribution is -0.120. The predicted molar refractivity (Wildman–Crippen MR) is 71.3 cm³/mol. The molecule has 0 heterocycles. The largest absolute Gasteiger partial charge is 0.397 e. The van der Waals surface area contributed by atoms with Crippen LogP contribution in [0.4, 0.5) is 16.2 Å². The van der Waals surface area contributed by atoms with Crippen LogP contribution in [-0.4, -0.2) is 32.1 Å². The van der Waals surface area contributed by atoms with Crippen LogP contribution in [0.5, 0.6) is 0 Å². The quantitative estimate of drug-likeness (QED) is 0.684. The van der Waals surface area contributed by atoms with Crippen LogP contribution in [0.2, 0.25) is 0 Å². The van der Waals surface area contributed by atoms with E-state index in [4.69, 9.17) is 5.73 Å². The lowest BCUT2D eigenvalue weighted by Crippen LogP contribution is -2.48. The molecule has 18 heavy (non-hydrogen) atoms. The Morgan fingerprint density at radius 1 is 1.33 bits per heavy atom. The Morgan fingerprint density at radius 2 is 1.94 bits per heavy atom. The Bertz CT molecular complexity index is 447. The Kier molecular flexibility index (Phi) is 4.53. The number of carbonyl (C=O) groups is 2. The molecule has 0 fully saturated rings. The summed E-state index contributed by atoms with van der Waals surface area (Å²) in [6, 6.07) is 6.20. The first-order valence-corrected chi connectivity index (χ1v) is 5.57. The number of nitrogen functional groups attached to an aromatic ring is 1. The molecule has 98 valence electrons. The molecule has 0 aliphatic carbocycles. The van der Waals surface area contributed by atoms with E-state index < -0.39 is 12.1 Å². The number of hydrogen-bond donors (Lipinski definition) is 3. The van der Waals surface area contributed by atoms with Gasteiger partial charge >= 0.3 is 6.03 Å². The van der Waals surface area contributed by atoms with Crippen LogP contribution in [0.25, 0.3) is 0 Å². The Morgan fingerprint density at radius 3 is 2.50 bits per heavy atom. The highest BCUT2D eigenvalue weighted by molar-refractivity contribution is 5.98. The first-order valence-electron chi connectivity index (χ1n) is 5.57. The van der Waals surface area contributed by atoms with Crippen LogP contribution >= 0.6 is 0 Å². The Balaban J connectivity index is 2.78. The van der Waals surface area contributed by atoms with Gasteiger partial charge < -0.3 is 16.0 Å². The second kappa shape index (κ2) is 5.90. The summed E-state index contributed by atoms with van der Waals surface area (Å²) < 4.78 is 0. The van der Waals surface area contributed by atoms with Crippen molar-refractivity contribution in [2.24, 2.45) is 0 Å². The fourth-order valence-electron chi connectivity index (χ4n) is 1.47. The van der Waals surface area contributed by atoms with Gasteiger partial charge in [-0.2, -0.15) is 0 Å². The number of likely N-dealkylation sites (N-methyl/N-ethyl adjacent to an activating group) is 1. The van der Waals surface area contributed by atoms with Crippen molar-refractivity contribution in [3.63, 3.8) is 0 Å². The van der Waals surface area contributed by atoms with E-state index in [-0.39, 0.29) is 5.91 Å². The van der Waals surface area contributed by atoms with E-state index in [1.165, 1.54) is 7.05 Å². The van der Waals surface area contributed by atoms with Gasteiger partial charge in [-0.3, -0.25) is 10.1 Å². The minimum absolute atomic E-state index is 0.389. The molecule has 0 aromatic heterocycles. The third-order valence-electron chi connectivity index (χ3n) is 2.74. The Labute approximate surface area is 106 Å². The topological polar surface area (TPSA) is 87.5 Å². The van der Waals surface area contributed by atoms with Gasteiger partial charge in [0.05, 0.1) is 11.4 Å². The molecule has 1 atom stereocenters. The number of anilines is 2. The van der Waals surface area contributed by atoms with Crippen LogP contribution in [0.15, 0.2) is 24.3 Å². The third-order valence-corrected chi connectivity index (χ3v) is 2.74. The summed E-state index contributed by atoms with van der Waals surface area (Å²) in [5, 5.41) is 4.55. The van der Waals surface area contributed by atoms with Crippen LogP contribution < -0.4 is 21.3 Å². The predicted octanol–water partition coefficient (Wildman–Crippen LogP) is 0.549. The first-order chi connectivity index (χ1) is 8.47. The minimum atomic E-state index is -0.527. The SMILES string of the molecule is CNC(=O)NC(=O)C(C)N(C)c1ccccc1N. The molecule has 6 heteroatoms. The molecule has 0 bridgehead atoms. The van der Waals surface area contributed by atoms with Gasteiger partial charge in [-0.05, 0) is 19.1 Å². The van der Waals surface area contributed by atoms with Gasteiger partial charge in [0, 0.05) is 14.1 Å². The monoisotopic (exact) mass is 250 g/mol. The summed E-state index contributed by atoms with van der Waals surface area (Å²) in [7, 11) is 3.20. The molecule has 0 spiro atoms. The summed E-state index contributed by atoms with van der Waals surface area (Å²) in [6.07, 6.45) is 0. The van der Waals surface area contributed by atoms with Crippen molar-refractivity contribution in [2.45, 2.75) is 13.0 Å². The normalized spacial score (nSPS) is 11.5. The zero-order valence-electron chi connectivity index (χ0n) is 10.7. The maximum Gasteiger partial charge on any atom is 0.321 e. The van der Waals surface area contributed by atoms with Crippen molar-refractivity contribution in [3.05, 3.63) is 24.3 Å². The number of para-hydroxylation sites is 2. The maximum absolute atomic E-state index is 11.8. The van der Waals surface area contributed by atoms with Gasteiger partial charge in [-0.1, -0.05) is 12.1 Å². The molecular weight excluding hydrogens is 232 g/mol. The van der Waals surface area contributed by atoms with Gasteiger partial charge in [-0.25, -0.2) is 4.79 Å². The molecule has 0 radical (unpaired) electrons. The molecule has 4 N–H and O–H groups in total. The molecule has 1 unspecified atom stereocenters. The number of nitrogens with one attached hydrogen (secondary N) is 2. The van der Waals surface area contributed by atoms with Crippen molar-refractivity contribution < 1.29 is 9.59 Å². The van der Waals surface area contributed by atoms with Gasteiger partial charge in [0.15, 0.2) is 0 Å². The number of carbonyl (C=O) groups excluding carboxylic acids is 2. The number of imide groups is 1. The van der Waals surface area contributed by atoms with Crippen molar-refractivity contribution in [2.75, 3.05) is 24.7 Å². The van der Waals surface area contributed by atoms with E-state index in [0.717, 1.165) is 5.69 Å². The number of rotatable bonds is 3. The molecule has 1 rings (SSSR count). The van der Waals surface area contributed by atoms with Crippen molar-refractivity contribution in [3.8, 4) is 0 Å². The van der Waals surface area contributed by atoms with Crippen LogP contribution in [0.3, 0.4) is 0 Å². The fraction of sp³-hybridized carbons (Fsp3) is 0.333. The van der Waals surface area contributed by atoms with Crippen molar-refractivity contribution in [1.82, 2.24) is 10.6 Å². The van der Waals surface area contributed by atoms with Gasteiger partial charge in [0.2, 0.25) is 5.91 Å². The summed E-state index contributed by atoms with van der Waals surface area (Å²) in [5.41, 5.74) is 7.16. The van der Waals surface area contributed by atoms with Gasteiger partial charge in [-0.15, -0.1) is 0 Å². The fourth-order valence-corrected chi connectivity index (χ4v) is 1.47. The zero-order chi connectivity index (χ0) is 13.7. The van der Waals surface area contributed by atoms with Crippen LogP contribution in [-0.2, 0) is 4.79 Å². The van der Waals surface area contributed by atoms with Crippen molar-refractivity contribution >= 4 is 23.3 Å². The van der Waals surface area contributed by atoms with E-state index in [1.54, 1.807) is 24.9 Å². The number of hydrogen-bond acceptors (Lipinski definition) is 4. The highest BCUT2D eigenvalue weighted by atomic mass is 16.2. The second-order valence-corrected chi connectivity index (χ2v) is 3.91. The number of amides is 3. The van der Waals surface area contributed by atoms with Crippen LogP contribution in [0.1, 0.15) is 6.92 Å². The van der Waals surface area contributed by atoms with Gasteiger partial charge in [0.1, 0.15) is 6.04 Å². The van der Waals surface area contributed by atoms with E-state index in [9.17, 15) is 9.59 Å². The lowest BCUT2D eigenvalue weighted by Gasteiger charge is -2.26. The van der Waals surface area contributed by atoms with Crippen LogP contribution in [0, 0.1) is 0 Å². The molecule has 1 aromatic rings. The number of benzene rings is 1. The number of nitrogens with zero attached hydrogens (tertiary/aromatic N) is 1. The average molecular weight is 250 g/mol. The van der Waals surface area contributed by atoms with E-state index in [2.05, 4.69) is 10.6 Å². The van der Waals surface area contributed by atoms with E-state index in [1.807, 2.05) is 18.2 Å². The summed E-state index contributed by atoms with van der Waals surface area (Å²) >= 11 is 0. The van der Waals surface area contributed by atoms with Crippen molar-refractivity contribution in [1.29, 1.82) is 0 Å². The van der Waals surface area contributed by atoms with Gasteiger partial charge in [0.25, 0.3) is 0 Å². The minimum Gasteiger partial charge on any atom is -0.397 e. The number of urea groups is 1. The molecule has 6 nitrogen and oxygen atoms in total. The average Bonchev–Trinajstić information content (AvgIpc) is 2.37. The highest BCUT2D eigenvalue weighted by Gasteiger charge is 2.20. The molecule has 0 saturated carbocycles. The summed E-state index contributed by atoms with van der Waals surface area (Å²) in [6.45, 7) is 1.70.